The number of fused-ring (bicyclic) bond motifs is 2. The highest BCUT2D eigenvalue weighted by Crippen LogP contribution is 2.61. The van der Waals surface area contributed by atoms with E-state index in [1.165, 1.54) is 12.8 Å². The fourth-order valence-corrected chi connectivity index (χ4v) is 4.29. The van der Waals surface area contributed by atoms with E-state index in [0.29, 0.717) is 11.5 Å². The maximum Gasteiger partial charge on any atom is 0.0584 e. The lowest BCUT2D eigenvalue weighted by Gasteiger charge is -2.62. The molecule has 0 heterocycles. The Bertz CT molecular complexity index is 288. The molecule has 3 N–H and O–H groups in total. The van der Waals surface area contributed by atoms with Gasteiger partial charge in [0.2, 0.25) is 0 Å². The van der Waals surface area contributed by atoms with Gasteiger partial charge in [0.15, 0.2) is 0 Å². The SMILES string of the molecule is CCC(CO)NCCN[C@@H]1C[C@H]2CC([C@H]1C)C2(C)C. The summed E-state index contributed by atoms with van der Waals surface area (Å²) < 4.78 is 0. The molecule has 0 spiro atoms. The third-order valence-electron chi connectivity index (χ3n) is 6.03. The molecule has 3 aliphatic carbocycles. The number of aliphatic hydroxyl groups excluding tert-OH is 1. The van der Waals surface area contributed by atoms with Gasteiger partial charge >= 0.3 is 0 Å². The molecule has 0 aliphatic heterocycles. The van der Waals surface area contributed by atoms with Crippen molar-refractivity contribution in [3.8, 4) is 0 Å². The van der Waals surface area contributed by atoms with E-state index in [0.717, 1.165) is 37.3 Å². The standard InChI is InChI=1S/C16H32N2O/c1-5-13(10-19)17-6-7-18-15-9-12-8-14(11(15)2)16(12,3)4/h11-15,17-19H,5-10H2,1-4H3/t11-,12-,13?,14?,15-/m1/s1. The van der Waals surface area contributed by atoms with Crippen LogP contribution in [0.25, 0.3) is 0 Å². The summed E-state index contributed by atoms with van der Waals surface area (Å²) in [6.07, 6.45) is 3.80. The van der Waals surface area contributed by atoms with Crippen molar-refractivity contribution in [3.05, 3.63) is 0 Å². The summed E-state index contributed by atoms with van der Waals surface area (Å²) in [6.45, 7) is 11.7. The molecular weight excluding hydrogens is 236 g/mol. The molecule has 3 fully saturated rings. The Morgan fingerprint density at radius 3 is 2.53 bits per heavy atom. The molecule has 3 rings (SSSR count). The minimum atomic E-state index is 0.245. The predicted octanol–water partition coefficient (Wildman–Crippen LogP) is 2.01. The maximum atomic E-state index is 9.13. The third kappa shape index (κ3) is 2.98. The smallest absolute Gasteiger partial charge is 0.0584 e. The van der Waals surface area contributed by atoms with Crippen LogP contribution in [0.4, 0.5) is 0 Å². The molecule has 3 aliphatic rings. The summed E-state index contributed by atoms with van der Waals surface area (Å²) in [7, 11) is 0. The topological polar surface area (TPSA) is 44.3 Å². The minimum absolute atomic E-state index is 0.245. The molecule has 112 valence electrons. The van der Waals surface area contributed by atoms with Crippen LogP contribution < -0.4 is 10.6 Å². The van der Waals surface area contributed by atoms with Gasteiger partial charge in [0.05, 0.1) is 6.61 Å². The summed E-state index contributed by atoms with van der Waals surface area (Å²) in [5.74, 6) is 2.65. The van der Waals surface area contributed by atoms with Gasteiger partial charge in [0.25, 0.3) is 0 Å². The van der Waals surface area contributed by atoms with Gasteiger partial charge in [-0.3, -0.25) is 0 Å². The number of rotatable bonds is 7. The highest BCUT2D eigenvalue weighted by atomic mass is 16.3. The van der Waals surface area contributed by atoms with Crippen molar-refractivity contribution in [1.29, 1.82) is 0 Å². The van der Waals surface area contributed by atoms with Crippen molar-refractivity contribution in [2.45, 2.75) is 59.0 Å². The summed E-state index contributed by atoms with van der Waals surface area (Å²) in [5.41, 5.74) is 0.583. The Balaban J connectivity index is 1.68. The Kier molecular flexibility index (Phi) is 4.91. The largest absolute Gasteiger partial charge is 0.395 e. The first-order valence-electron chi connectivity index (χ1n) is 8.08. The molecule has 0 aromatic carbocycles. The first-order chi connectivity index (χ1) is 9.00. The Labute approximate surface area is 118 Å². The van der Waals surface area contributed by atoms with E-state index in [9.17, 15) is 0 Å². The van der Waals surface area contributed by atoms with Crippen LogP contribution in [0, 0.1) is 23.2 Å². The van der Waals surface area contributed by atoms with E-state index in [1.54, 1.807) is 0 Å². The highest BCUT2D eigenvalue weighted by molar-refractivity contribution is 5.06. The van der Waals surface area contributed by atoms with E-state index in [1.807, 2.05) is 0 Å². The average molecular weight is 268 g/mol. The highest BCUT2D eigenvalue weighted by Gasteiger charge is 2.55. The lowest BCUT2D eigenvalue weighted by Crippen LogP contribution is -2.60. The number of aliphatic hydroxyl groups is 1. The quantitative estimate of drug-likeness (QED) is 0.619. The fraction of sp³-hybridized carbons (Fsp3) is 1.00. The predicted molar refractivity (Wildman–Crippen MR) is 80.1 cm³/mol. The van der Waals surface area contributed by atoms with Gasteiger partial charge in [0.1, 0.15) is 0 Å². The summed E-state index contributed by atoms with van der Waals surface area (Å²) in [4.78, 5) is 0. The Hall–Kier alpha value is -0.120. The second-order valence-electron chi connectivity index (χ2n) is 7.26. The lowest BCUT2D eigenvalue weighted by molar-refractivity contribution is -0.114. The normalized spacial score (nSPS) is 37.7. The van der Waals surface area contributed by atoms with Gasteiger partial charge in [-0.1, -0.05) is 27.7 Å². The van der Waals surface area contributed by atoms with Gasteiger partial charge in [-0.2, -0.15) is 0 Å². The van der Waals surface area contributed by atoms with Crippen LogP contribution in [0.1, 0.15) is 47.0 Å². The Morgan fingerprint density at radius 2 is 2.00 bits per heavy atom. The molecule has 0 aromatic rings. The molecule has 5 atom stereocenters. The molecule has 3 nitrogen and oxygen atoms in total. The second kappa shape index (κ2) is 6.11. The van der Waals surface area contributed by atoms with Gasteiger partial charge in [-0.05, 0) is 42.4 Å². The lowest BCUT2D eigenvalue weighted by atomic mass is 9.45. The summed E-state index contributed by atoms with van der Waals surface area (Å²) in [5, 5.41) is 16.3. The molecule has 0 saturated heterocycles. The van der Waals surface area contributed by atoms with Crippen LogP contribution in [0.5, 0.6) is 0 Å². The van der Waals surface area contributed by atoms with Gasteiger partial charge < -0.3 is 15.7 Å². The van der Waals surface area contributed by atoms with Crippen molar-refractivity contribution in [2.24, 2.45) is 23.2 Å². The van der Waals surface area contributed by atoms with E-state index >= 15 is 0 Å². The maximum absolute atomic E-state index is 9.13. The molecule has 3 heteroatoms. The van der Waals surface area contributed by atoms with Gasteiger partial charge in [-0.25, -0.2) is 0 Å². The zero-order valence-electron chi connectivity index (χ0n) is 13.1. The molecule has 2 bridgehead atoms. The van der Waals surface area contributed by atoms with Crippen LogP contribution in [-0.2, 0) is 0 Å². The van der Waals surface area contributed by atoms with Crippen LogP contribution >= 0.6 is 0 Å². The van der Waals surface area contributed by atoms with Crippen LogP contribution in [0.3, 0.4) is 0 Å². The van der Waals surface area contributed by atoms with Crippen molar-refractivity contribution < 1.29 is 5.11 Å². The van der Waals surface area contributed by atoms with Crippen LogP contribution in [0.15, 0.2) is 0 Å². The number of hydrogen-bond donors (Lipinski definition) is 3. The first-order valence-corrected chi connectivity index (χ1v) is 8.08. The molecule has 0 amide bonds. The zero-order chi connectivity index (χ0) is 14.0. The van der Waals surface area contributed by atoms with Crippen molar-refractivity contribution in [2.75, 3.05) is 19.7 Å². The van der Waals surface area contributed by atoms with Crippen LogP contribution in [0.2, 0.25) is 0 Å². The molecule has 3 saturated carbocycles. The molecular formula is C16H32N2O. The molecule has 2 unspecified atom stereocenters. The monoisotopic (exact) mass is 268 g/mol. The van der Waals surface area contributed by atoms with E-state index in [2.05, 4.69) is 38.3 Å². The van der Waals surface area contributed by atoms with Crippen molar-refractivity contribution in [3.63, 3.8) is 0 Å². The third-order valence-corrected chi connectivity index (χ3v) is 6.03. The van der Waals surface area contributed by atoms with E-state index in [4.69, 9.17) is 5.11 Å². The summed E-state index contributed by atoms with van der Waals surface area (Å²) >= 11 is 0. The van der Waals surface area contributed by atoms with Crippen LogP contribution in [-0.4, -0.2) is 36.9 Å². The number of hydrogen-bond acceptors (Lipinski definition) is 3. The fourth-order valence-electron chi connectivity index (χ4n) is 4.29. The van der Waals surface area contributed by atoms with Gasteiger partial charge in [-0.15, -0.1) is 0 Å². The second-order valence-corrected chi connectivity index (χ2v) is 7.26. The zero-order valence-corrected chi connectivity index (χ0v) is 13.1. The molecule has 0 aromatic heterocycles. The van der Waals surface area contributed by atoms with Crippen molar-refractivity contribution in [1.82, 2.24) is 10.6 Å². The number of nitrogens with one attached hydrogen (secondary N) is 2. The average Bonchev–Trinajstić information content (AvgIpc) is 2.39. The molecule has 19 heavy (non-hydrogen) atoms. The van der Waals surface area contributed by atoms with E-state index < -0.39 is 0 Å². The van der Waals surface area contributed by atoms with Gasteiger partial charge in [0, 0.05) is 25.2 Å². The van der Waals surface area contributed by atoms with E-state index in [-0.39, 0.29) is 12.6 Å². The summed E-state index contributed by atoms with van der Waals surface area (Å²) in [6, 6.07) is 0.964. The molecule has 0 radical (unpaired) electrons. The minimum Gasteiger partial charge on any atom is -0.395 e. The van der Waals surface area contributed by atoms with Crippen molar-refractivity contribution >= 4 is 0 Å². The first kappa shape index (κ1) is 15.3. The Morgan fingerprint density at radius 1 is 1.26 bits per heavy atom.